The number of benzene rings is 1. The molecule has 27 heavy (non-hydrogen) atoms. The molecule has 0 atom stereocenters. The lowest BCUT2D eigenvalue weighted by Crippen LogP contribution is -2.17. The van der Waals surface area contributed by atoms with Gasteiger partial charge in [0.1, 0.15) is 17.5 Å². The molecule has 0 spiro atoms. The van der Waals surface area contributed by atoms with E-state index in [1.165, 1.54) is 6.20 Å². The molecule has 0 saturated carbocycles. The number of ether oxygens (including phenoxy) is 1. The molecular formula is C19H14Cl3N3O2. The zero-order valence-electron chi connectivity index (χ0n) is 14.2. The Balaban J connectivity index is 1.79. The van der Waals surface area contributed by atoms with Crippen molar-refractivity contribution in [2.24, 2.45) is 0 Å². The van der Waals surface area contributed by atoms with Crippen LogP contribution in [0.25, 0.3) is 0 Å². The number of pyridine rings is 2. The summed E-state index contributed by atoms with van der Waals surface area (Å²) in [4.78, 5) is 20.9. The summed E-state index contributed by atoms with van der Waals surface area (Å²) in [6.07, 6.45) is 3.10. The predicted octanol–water partition coefficient (Wildman–Crippen LogP) is 5.58. The van der Waals surface area contributed by atoms with Crippen LogP contribution in [0.5, 0.6) is 5.75 Å². The van der Waals surface area contributed by atoms with Gasteiger partial charge in [-0.3, -0.25) is 9.78 Å². The van der Waals surface area contributed by atoms with Crippen molar-refractivity contribution in [3.8, 4) is 5.75 Å². The van der Waals surface area contributed by atoms with Gasteiger partial charge in [0.25, 0.3) is 5.91 Å². The Kier molecular flexibility index (Phi) is 6.16. The van der Waals surface area contributed by atoms with Crippen LogP contribution in [0.1, 0.15) is 21.6 Å². The molecule has 1 aromatic carbocycles. The molecule has 2 aromatic heterocycles. The van der Waals surface area contributed by atoms with Crippen molar-refractivity contribution < 1.29 is 9.53 Å². The molecule has 5 nitrogen and oxygen atoms in total. The third-order valence-electron chi connectivity index (χ3n) is 3.72. The molecule has 0 aliphatic rings. The third-order valence-corrected chi connectivity index (χ3v) is 4.47. The summed E-state index contributed by atoms with van der Waals surface area (Å²) in [6, 6.07) is 9.93. The van der Waals surface area contributed by atoms with Crippen LogP contribution in [0.2, 0.25) is 15.2 Å². The molecule has 0 saturated heterocycles. The Morgan fingerprint density at radius 2 is 1.96 bits per heavy atom. The Bertz CT molecular complexity index is 996. The average Bonchev–Trinajstić information content (AvgIpc) is 2.65. The van der Waals surface area contributed by atoms with E-state index in [1.807, 2.05) is 6.92 Å². The molecule has 0 fully saturated rings. The molecule has 3 aromatic rings. The number of anilines is 1. The fourth-order valence-electron chi connectivity index (χ4n) is 2.34. The van der Waals surface area contributed by atoms with E-state index in [4.69, 9.17) is 39.5 Å². The van der Waals surface area contributed by atoms with E-state index >= 15 is 0 Å². The van der Waals surface area contributed by atoms with Gasteiger partial charge in [-0.2, -0.15) is 0 Å². The summed E-state index contributed by atoms with van der Waals surface area (Å²) in [5.74, 6) is 0.0880. The first-order valence-corrected chi connectivity index (χ1v) is 9.02. The number of amides is 1. The van der Waals surface area contributed by atoms with E-state index in [2.05, 4.69) is 15.3 Å². The zero-order chi connectivity index (χ0) is 19.4. The van der Waals surface area contributed by atoms with Gasteiger partial charge in [0.2, 0.25) is 0 Å². The highest BCUT2D eigenvalue weighted by Gasteiger charge is 2.15. The Hall–Kier alpha value is -2.34. The van der Waals surface area contributed by atoms with E-state index in [1.54, 1.807) is 42.6 Å². The highest BCUT2D eigenvalue weighted by atomic mass is 35.5. The Morgan fingerprint density at radius 1 is 1.15 bits per heavy atom. The summed E-state index contributed by atoms with van der Waals surface area (Å²) < 4.78 is 5.70. The van der Waals surface area contributed by atoms with Crippen molar-refractivity contribution in [2.45, 2.75) is 13.5 Å². The van der Waals surface area contributed by atoms with Crippen LogP contribution in [-0.4, -0.2) is 15.9 Å². The van der Waals surface area contributed by atoms with Gasteiger partial charge in [0.05, 0.1) is 28.2 Å². The number of nitrogens with zero attached hydrogens (tertiary/aromatic N) is 2. The maximum absolute atomic E-state index is 12.7. The summed E-state index contributed by atoms with van der Waals surface area (Å²) in [5, 5.41) is 4.09. The number of hydrogen-bond donors (Lipinski definition) is 1. The minimum Gasteiger partial charge on any atom is -0.486 e. The van der Waals surface area contributed by atoms with Gasteiger partial charge in [-0.15, -0.1) is 0 Å². The summed E-state index contributed by atoms with van der Waals surface area (Å²) in [5.41, 5.74) is 2.21. The number of rotatable bonds is 5. The number of nitrogens with one attached hydrogen (secondary N) is 1. The number of carbonyl (C=O) groups is 1. The van der Waals surface area contributed by atoms with E-state index < -0.39 is 0 Å². The van der Waals surface area contributed by atoms with Crippen molar-refractivity contribution in [1.82, 2.24) is 9.97 Å². The maximum Gasteiger partial charge on any atom is 0.257 e. The second kappa shape index (κ2) is 8.57. The van der Waals surface area contributed by atoms with Crippen LogP contribution >= 0.6 is 34.8 Å². The first-order valence-electron chi connectivity index (χ1n) is 7.89. The molecule has 0 radical (unpaired) electrons. The lowest BCUT2D eigenvalue weighted by molar-refractivity contribution is 0.102. The molecule has 2 heterocycles. The van der Waals surface area contributed by atoms with Crippen molar-refractivity contribution >= 4 is 46.4 Å². The molecule has 138 valence electrons. The van der Waals surface area contributed by atoms with E-state index in [-0.39, 0.29) is 12.5 Å². The SMILES string of the molecule is Cc1cc(Cl)ncc1NC(=O)c1cccnc1COc1cc(Cl)ccc1Cl. The van der Waals surface area contributed by atoms with Gasteiger partial charge in [-0.25, -0.2) is 4.98 Å². The highest BCUT2D eigenvalue weighted by Crippen LogP contribution is 2.28. The van der Waals surface area contributed by atoms with Gasteiger partial charge in [0.15, 0.2) is 0 Å². The minimum absolute atomic E-state index is 0.0570. The van der Waals surface area contributed by atoms with Crippen LogP contribution < -0.4 is 10.1 Å². The van der Waals surface area contributed by atoms with E-state index in [9.17, 15) is 4.79 Å². The van der Waals surface area contributed by atoms with Crippen LogP contribution in [0.15, 0.2) is 48.8 Å². The average molecular weight is 423 g/mol. The second-order valence-electron chi connectivity index (χ2n) is 5.64. The standard InChI is InChI=1S/C19H14Cl3N3O2/c1-11-7-18(22)24-9-15(11)25-19(26)13-3-2-6-23-16(13)10-27-17-8-12(20)4-5-14(17)21/h2-9H,10H2,1H3,(H,25,26). The van der Waals surface area contributed by atoms with Crippen LogP contribution in [0.3, 0.4) is 0 Å². The fraction of sp³-hybridized carbons (Fsp3) is 0.105. The van der Waals surface area contributed by atoms with E-state index in [0.29, 0.717) is 37.9 Å². The topological polar surface area (TPSA) is 64.1 Å². The van der Waals surface area contributed by atoms with Crippen LogP contribution in [0, 0.1) is 6.92 Å². The van der Waals surface area contributed by atoms with E-state index in [0.717, 1.165) is 5.56 Å². The summed E-state index contributed by atoms with van der Waals surface area (Å²) >= 11 is 17.9. The van der Waals surface area contributed by atoms with Crippen LogP contribution in [-0.2, 0) is 6.61 Å². The van der Waals surface area contributed by atoms with Crippen molar-refractivity contribution in [3.63, 3.8) is 0 Å². The zero-order valence-corrected chi connectivity index (χ0v) is 16.4. The largest absolute Gasteiger partial charge is 0.486 e. The van der Waals surface area contributed by atoms with Gasteiger partial charge < -0.3 is 10.1 Å². The first kappa shape index (κ1) is 19.4. The van der Waals surface area contributed by atoms with Crippen molar-refractivity contribution in [3.05, 3.63) is 80.8 Å². The number of halogens is 3. The molecule has 0 aliphatic heterocycles. The van der Waals surface area contributed by atoms with Gasteiger partial charge in [-0.1, -0.05) is 34.8 Å². The lowest BCUT2D eigenvalue weighted by Gasteiger charge is -2.12. The van der Waals surface area contributed by atoms with Crippen molar-refractivity contribution in [1.29, 1.82) is 0 Å². The molecule has 0 bridgehead atoms. The normalized spacial score (nSPS) is 10.5. The lowest BCUT2D eigenvalue weighted by atomic mass is 10.1. The molecule has 1 N–H and O–H groups in total. The molecule has 0 unspecified atom stereocenters. The molecular weight excluding hydrogens is 409 g/mol. The third kappa shape index (κ3) is 4.89. The highest BCUT2D eigenvalue weighted by molar-refractivity contribution is 6.34. The molecule has 0 aliphatic carbocycles. The number of hydrogen-bond acceptors (Lipinski definition) is 4. The van der Waals surface area contributed by atoms with Crippen molar-refractivity contribution in [2.75, 3.05) is 5.32 Å². The monoisotopic (exact) mass is 421 g/mol. The van der Waals surface area contributed by atoms with Gasteiger partial charge in [0, 0.05) is 17.3 Å². The first-order chi connectivity index (χ1) is 12.9. The number of aromatic nitrogens is 2. The van der Waals surface area contributed by atoms with Gasteiger partial charge >= 0.3 is 0 Å². The predicted molar refractivity (Wildman–Crippen MR) is 107 cm³/mol. The summed E-state index contributed by atoms with van der Waals surface area (Å²) in [7, 11) is 0. The Labute approximate surface area is 171 Å². The fourth-order valence-corrected chi connectivity index (χ4v) is 2.88. The molecule has 3 rings (SSSR count). The molecule has 8 heteroatoms. The summed E-state index contributed by atoms with van der Waals surface area (Å²) in [6.45, 7) is 1.89. The van der Waals surface area contributed by atoms with Crippen LogP contribution in [0.4, 0.5) is 5.69 Å². The number of carbonyl (C=O) groups excluding carboxylic acids is 1. The molecule has 1 amide bonds. The maximum atomic E-state index is 12.7. The smallest absolute Gasteiger partial charge is 0.257 e. The minimum atomic E-state index is -0.328. The second-order valence-corrected chi connectivity index (χ2v) is 6.87. The number of aryl methyl sites for hydroxylation is 1. The van der Waals surface area contributed by atoms with Gasteiger partial charge in [-0.05, 0) is 42.8 Å². The quantitative estimate of drug-likeness (QED) is 0.545. The Morgan fingerprint density at radius 3 is 2.74 bits per heavy atom.